The number of hydrogen-bond acceptors (Lipinski definition) is 2. The number of hydrogen-bond donors (Lipinski definition) is 1. The van der Waals surface area contributed by atoms with Crippen molar-refractivity contribution in [3.8, 4) is 0 Å². The van der Waals surface area contributed by atoms with Crippen molar-refractivity contribution >= 4 is 5.91 Å². The Morgan fingerprint density at radius 3 is 2.57 bits per heavy atom. The zero-order valence-electron chi connectivity index (χ0n) is 9.55. The number of nitrogens with zero attached hydrogens (tertiary/aromatic N) is 1. The molecule has 0 aromatic heterocycles. The fourth-order valence-corrected chi connectivity index (χ4v) is 2.13. The Kier molecular flexibility index (Phi) is 4.39. The molecule has 0 radical (unpaired) electrons. The summed E-state index contributed by atoms with van der Waals surface area (Å²) < 4.78 is 0. The summed E-state index contributed by atoms with van der Waals surface area (Å²) in [6, 6.07) is 0.512. The summed E-state index contributed by atoms with van der Waals surface area (Å²) in [5.41, 5.74) is 0. The van der Waals surface area contributed by atoms with E-state index < -0.39 is 0 Å². The molecule has 1 aliphatic heterocycles. The predicted octanol–water partition coefficient (Wildman–Crippen LogP) is 1.73. The van der Waals surface area contributed by atoms with Gasteiger partial charge in [0.15, 0.2) is 0 Å². The Morgan fingerprint density at radius 1 is 1.43 bits per heavy atom. The van der Waals surface area contributed by atoms with Crippen molar-refractivity contribution in [2.45, 2.75) is 58.5 Å². The maximum atomic E-state index is 11.9. The van der Waals surface area contributed by atoms with Crippen LogP contribution in [0.25, 0.3) is 0 Å². The second-order valence-electron chi connectivity index (χ2n) is 3.98. The van der Waals surface area contributed by atoms with Crippen molar-refractivity contribution in [2.24, 2.45) is 0 Å². The minimum Gasteiger partial charge on any atom is -0.326 e. The lowest BCUT2D eigenvalue weighted by molar-refractivity contribution is -0.131. The van der Waals surface area contributed by atoms with Gasteiger partial charge in [-0.2, -0.15) is 0 Å². The maximum Gasteiger partial charge on any atom is 0.241 e. The van der Waals surface area contributed by atoms with Gasteiger partial charge < -0.3 is 4.90 Å². The molecule has 1 amide bonds. The van der Waals surface area contributed by atoms with E-state index in [1.165, 1.54) is 0 Å². The standard InChI is InChI=1S/C11H22N2O/c1-4-7-10-11(14)13(8-12-10)9(5-2)6-3/h9-10,12H,4-8H2,1-3H3. The Balaban J connectivity index is 2.53. The van der Waals surface area contributed by atoms with Crippen LogP contribution in [0.3, 0.4) is 0 Å². The molecule has 0 aromatic carbocycles. The topological polar surface area (TPSA) is 32.3 Å². The van der Waals surface area contributed by atoms with Gasteiger partial charge in [0.2, 0.25) is 5.91 Å². The molecule has 0 spiro atoms. The molecule has 1 saturated heterocycles. The Hall–Kier alpha value is -0.570. The molecule has 1 unspecified atom stereocenters. The van der Waals surface area contributed by atoms with Crippen LogP contribution >= 0.6 is 0 Å². The highest BCUT2D eigenvalue weighted by molar-refractivity contribution is 5.84. The molecule has 0 saturated carbocycles. The Labute approximate surface area is 86.9 Å². The average Bonchev–Trinajstić information content (AvgIpc) is 2.53. The fourth-order valence-electron chi connectivity index (χ4n) is 2.13. The lowest BCUT2D eigenvalue weighted by Gasteiger charge is -2.25. The summed E-state index contributed by atoms with van der Waals surface area (Å²) in [5, 5.41) is 3.28. The molecule has 82 valence electrons. The van der Waals surface area contributed by atoms with Gasteiger partial charge in [-0.05, 0) is 19.3 Å². The van der Waals surface area contributed by atoms with E-state index in [2.05, 4.69) is 26.1 Å². The molecule has 1 atom stereocenters. The lowest BCUT2D eigenvalue weighted by Crippen LogP contribution is -2.37. The van der Waals surface area contributed by atoms with Crippen LogP contribution in [0.5, 0.6) is 0 Å². The lowest BCUT2D eigenvalue weighted by atomic mass is 10.1. The third kappa shape index (κ3) is 2.27. The second kappa shape index (κ2) is 5.35. The molecule has 3 nitrogen and oxygen atoms in total. The van der Waals surface area contributed by atoms with E-state index in [9.17, 15) is 4.79 Å². The summed E-state index contributed by atoms with van der Waals surface area (Å²) in [5.74, 6) is 0.306. The minimum atomic E-state index is 0.0839. The van der Waals surface area contributed by atoms with E-state index in [0.29, 0.717) is 11.9 Å². The summed E-state index contributed by atoms with van der Waals surface area (Å²) in [7, 11) is 0. The molecule has 1 heterocycles. The molecular weight excluding hydrogens is 176 g/mol. The molecule has 1 N–H and O–H groups in total. The van der Waals surface area contributed by atoms with E-state index in [1.807, 2.05) is 4.90 Å². The zero-order chi connectivity index (χ0) is 10.6. The zero-order valence-corrected chi connectivity index (χ0v) is 9.55. The summed E-state index contributed by atoms with van der Waals surface area (Å²) in [6.07, 6.45) is 4.15. The summed E-state index contributed by atoms with van der Waals surface area (Å²) in [6.45, 7) is 7.16. The van der Waals surface area contributed by atoms with Crippen molar-refractivity contribution in [3.05, 3.63) is 0 Å². The van der Waals surface area contributed by atoms with Gasteiger partial charge in [0.05, 0.1) is 12.7 Å². The highest BCUT2D eigenvalue weighted by atomic mass is 16.2. The van der Waals surface area contributed by atoms with E-state index in [1.54, 1.807) is 0 Å². The second-order valence-corrected chi connectivity index (χ2v) is 3.98. The van der Waals surface area contributed by atoms with Gasteiger partial charge in [-0.1, -0.05) is 27.2 Å². The highest BCUT2D eigenvalue weighted by Gasteiger charge is 2.33. The fraction of sp³-hybridized carbons (Fsp3) is 0.909. The van der Waals surface area contributed by atoms with Gasteiger partial charge in [0.1, 0.15) is 0 Å². The van der Waals surface area contributed by atoms with Crippen LogP contribution in [-0.4, -0.2) is 29.6 Å². The van der Waals surface area contributed by atoms with Gasteiger partial charge in [-0.25, -0.2) is 0 Å². The number of rotatable bonds is 5. The molecule has 14 heavy (non-hydrogen) atoms. The monoisotopic (exact) mass is 198 g/mol. The Morgan fingerprint density at radius 2 is 2.07 bits per heavy atom. The van der Waals surface area contributed by atoms with Gasteiger partial charge >= 0.3 is 0 Å². The van der Waals surface area contributed by atoms with E-state index >= 15 is 0 Å². The van der Waals surface area contributed by atoms with Gasteiger partial charge in [-0.3, -0.25) is 10.1 Å². The first-order chi connectivity index (χ1) is 6.74. The van der Waals surface area contributed by atoms with Crippen molar-refractivity contribution in [2.75, 3.05) is 6.67 Å². The predicted molar refractivity (Wildman–Crippen MR) is 57.9 cm³/mol. The molecule has 1 fully saturated rings. The van der Waals surface area contributed by atoms with Crippen molar-refractivity contribution < 1.29 is 4.79 Å². The minimum absolute atomic E-state index is 0.0839. The maximum absolute atomic E-state index is 11.9. The molecule has 0 bridgehead atoms. The molecular formula is C11H22N2O. The SMILES string of the molecule is CCCC1NCN(C(CC)CC)C1=O. The van der Waals surface area contributed by atoms with E-state index in [0.717, 1.165) is 32.4 Å². The first kappa shape index (κ1) is 11.5. The first-order valence-corrected chi connectivity index (χ1v) is 5.78. The van der Waals surface area contributed by atoms with Gasteiger partial charge in [-0.15, -0.1) is 0 Å². The van der Waals surface area contributed by atoms with Crippen LogP contribution in [0.15, 0.2) is 0 Å². The molecule has 3 heteroatoms. The summed E-state index contributed by atoms with van der Waals surface area (Å²) >= 11 is 0. The average molecular weight is 198 g/mol. The largest absolute Gasteiger partial charge is 0.326 e. The van der Waals surface area contributed by atoms with Crippen LogP contribution in [0, 0.1) is 0 Å². The molecule has 0 aliphatic carbocycles. The highest BCUT2D eigenvalue weighted by Crippen LogP contribution is 2.16. The number of carbonyl (C=O) groups is 1. The molecule has 0 aromatic rings. The quantitative estimate of drug-likeness (QED) is 0.729. The molecule has 1 rings (SSSR count). The van der Waals surface area contributed by atoms with Gasteiger partial charge in [0.25, 0.3) is 0 Å². The van der Waals surface area contributed by atoms with Crippen molar-refractivity contribution in [1.29, 1.82) is 0 Å². The van der Waals surface area contributed by atoms with Crippen LogP contribution in [0.1, 0.15) is 46.5 Å². The van der Waals surface area contributed by atoms with Crippen LogP contribution < -0.4 is 5.32 Å². The smallest absolute Gasteiger partial charge is 0.241 e. The van der Waals surface area contributed by atoms with E-state index in [-0.39, 0.29) is 6.04 Å². The third-order valence-corrected chi connectivity index (χ3v) is 3.05. The molecule has 1 aliphatic rings. The van der Waals surface area contributed by atoms with Crippen LogP contribution in [0.4, 0.5) is 0 Å². The Bertz CT molecular complexity index is 190. The first-order valence-electron chi connectivity index (χ1n) is 5.78. The van der Waals surface area contributed by atoms with Gasteiger partial charge in [0, 0.05) is 6.04 Å². The summed E-state index contributed by atoms with van der Waals surface area (Å²) in [4.78, 5) is 13.9. The normalized spacial score (nSPS) is 22.4. The van der Waals surface area contributed by atoms with Crippen LogP contribution in [0.2, 0.25) is 0 Å². The van der Waals surface area contributed by atoms with Crippen molar-refractivity contribution in [1.82, 2.24) is 10.2 Å². The number of carbonyl (C=O) groups excluding carboxylic acids is 1. The van der Waals surface area contributed by atoms with E-state index in [4.69, 9.17) is 0 Å². The number of nitrogens with one attached hydrogen (secondary N) is 1. The van der Waals surface area contributed by atoms with Crippen molar-refractivity contribution in [3.63, 3.8) is 0 Å². The van der Waals surface area contributed by atoms with Crippen LogP contribution in [-0.2, 0) is 4.79 Å². The number of amides is 1. The third-order valence-electron chi connectivity index (χ3n) is 3.05.